The van der Waals surface area contributed by atoms with Crippen molar-refractivity contribution in [1.29, 1.82) is 0 Å². The fourth-order valence-electron chi connectivity index (χ4n) is 1.98. The molecular formula is C14H20N2O4S. The molecule has 0 aliphatic rings. The van der Waals surface area contributed by atoms with Crippen molar-refractivity contribution in [3.05, 3.63) is 33.9 Å². The number of carbonyl (C=O) groups is 1. The van der Waals surface area contributed by atoms with Gasteiger partial charge in [-0.3, -0.25) is 14.9 Å². The Hall–Kier alpha value is -1.60. The van der Waals surface area contributed by atoms with Gasteiger partial charge >= 0.3 is 0 Å². The molecule has 0 saturated carbocycles. The van der Waals surface area contributed by atoms with Crippen LogP contribution in [-0.2, 0) is 0 Å². The van der Waals surface area contributed by atoms with Crippen molar-refractivity contribution in [1.82, 2.24) is 5.32 Å². The van der Waals surface area contributed by atoms with E-state index in [-0.39, 0.29) is 17.8 Å². The third-order valence-electron chi connectivity index (χ3n) is 3.06. The van der Waals surface area contributed by atoms with Gasteiger partial charge in [-0.2, -0.15) is 0 Å². The van der Waals surface area contributed by atoms with Crippen LogP contribution >= 0.6 is 11.8 Å². The van der Waals surface area contributed by atoms with E-state index in [0.29, 0.717) is 6.42 Å². The van der Waals surface area contributed by atoms with E-state index in [1.165, 1.54) is 23.9 Å². The van der Waals surface area contributed by atoms with E-state index < -0.39 is 16.4 Å². The Labute approximate surface area is 128 Å². The summed E-state index contributed by atoms with van der Waals surface area (Å²) in [6.07, 6.45) is 3.15. The molecule has 1 atom stereocenters. The average Bonchev–Trinajstić information content (AvgIpc) is 2.44. The molecule has 0 aliphatic heterocycles. The summed E-state index contributed by atoms with van der Waals surface area (Å²) in [5.41, 5.74) is -1.24. The summed E-state index contributed by atoms with van der Waals surface area (Å²) < 4.78 is 0. The number of carbonyl (C=O) groups excluding carboxylic acids is 1. The summed E-state index contributed by atoms with van der Waals surface area (Å²) in [6.45, 7) is 3.62. The Morgan fingerprint density at radius 2 is 2.19 bits per heavy atom. The largest absolute Gasteiger partial charge is 0.388 e. The molecule has 1 rings (SSSR count). The quantitative estimate of drug-likeness (QED) is 0.458. The number of aliphatic hydroxyl groups is 1. The first-order chi connectivity index (χ1) is 9.80. The molecule has 0 heterocycles. The zero-order chi connectivity index (χ0) is 16.0. The van der Waals surface area contributed by atoms with Crippen LogP contribution in [0.3, 0.4) is 0 Å². The maximum Gasteiger partial charge on any atom is 0.282 e. The summed E-state index contributed by atoms with van der Waals surface area (Å²) in [4.78, 5) is 23.3. The summed E-state index contributed by atoms with van der Waals surface area (Å²) in [5, 5.41) is 23.6. The van der Waals surface area contributed by atoms with Crippen LogP contribution in [0, 0.1) is 10.1 Å². The van der Waals surface area contributed by atoms with Gasteiger partial charge in [-0.25, -0.2) is 0 Å². The number of nitro benzene ring substituents is 1. The van der Waals surface area contributed by atoms with Crippen molar-refractivity contribution in [3.63, 3.8) is 0 Å². The smallest absolute Gasteiger partial charge is 0.282 e. The fraction of sp³-hybridized carbons (Fsp3) is 0.500. The topological polar surface area (TPSA) is 92.5 Å². The Balaban J connectivity index is 2.93. The SMILES string of the molecule is CCC[C@](C)(O)CNC(=O)c1cc(SC)ccc1[N+](=O)[O-]. The van der Waals surface area contributed by atoms with Crippen molar-refractivity contribution in [2.24, 2.45) is 0 Å². The second-order valence-electron chi connectivity index (χ2n) is 5.07. The van der Waals surface area contributed by atoms with Crippen LogP contribution in [0.2, 0.25) is 0 Å². The molecule has 1 aromatic carbocycles. The molecule has 7 heteroatoms. The maximum absolute atomic E-state index is 12.2. The van der Waals surface area contributed by atoms with E-state index in [1.54, 1.807) is 13.0 Å². The van der Waals surface area contributed by atoms with Crippen molar-refractivity contribution in [2.45, 2.75) is 37.2 Å². The van der Waals surface area contributed by atoms with Gasteiger partial charge in [-0.1, -0.05) is 13.3 Å². The standard InChI is InChI=1S/C14H20N2O4S/c1-4-7-14(2,18)9-15-13(17)11-8-10(21-3)5-6-12(11)16(19)20/h5-6,8,18H,4,7,9H2,1-3H3,(H,15,17)/t14-/m0/s1. The molecule has 0 radical (unpaired) electrons. The van der Waals surface area contributed by atoms with Crippen LogP contribution in [-0.4, -0.2) is 34.3 Å². The Morgan fingerprint density at radius 3 is 2.71 bits per heavy atom. The van der Waals surface area contributed by atoms with E-state index in [0.717, 1.165) is 11.3 Å². The number of amides is 1. The van der Waals surface area contributed by atoms with Crippen molar-refractivity contribution in [3.8, 4) is 0 Å². The molecule has 0 bridgehead atoms. The molecule has 0 spiro atoms. The minimum Gasteiger partial charge on any atom is -0.388 e. The first-order valence-electron chi connectivity index (χ1n) is 6.63. The molecule has 0 aliphatic carbocycles. The molecule has 6 nitrogen and oxygen atoms in total. The van der Waals surface area contributed by atoms with Crippen LogP contribution in [0.25, 0.3) is 0 Å². The number of hydrogen-bond acceptors (Lipinski definition) is 5. The lowest BCUT2D eigenvalue weighted by Gasteiger charge is -2.22. The number of thioether (sulfide) groups is 1. The highest BCUT2D eigenvalue weighted by Gasteiger charge is 2.24. The molecule has 21 heavy (non-hydrogen) atoms. The molecule has 2 N–H and O–H groups in total. The second kappa shape index (κ2) is 7.42. The summed E-state index contributed by atoms with van der Waals surface area (Å²) in [7, 11) is 0. The van der Waals surface area contributed by atoms with Gasteiger partial charge in [0, 0.05) is 17.5 Å². The number of nitrogens with zero attached hydrogens (tertiary/aromatic N) is 1. The zero-order valence-electron chi connectivity index (χ0n) is 12.4. The van der Waals surface area contributed by atoms with Gasteiger partial charge in [0.05, 0.1) is 10.5 Å². The highest BCUT2D eigenvalue weighted by atomic mass is 32.2. The predicted octanol–water partition coefficient (Wildman–Crippen LogP) is 2.60. The third-order valence-corrected chi connectivity index (χ3v) is 3.79. The van der Waals surface area contributed by atoms with Gasteiger partial charge in [0.25, 0.3) is 11.6 Å². The molecular weight excluding hydrogens is 292 g/mol. The summed E-state index contributed by atoms with van der Waals surface area (Å²) in [5.74, 6) is -0.547. The predicted molar refractivity (Wildman–Crippen MR) is 82.7 cm³/mol. The van der Waals surface area contributed by atoms with Gasteiger partial charge < -0.3 is 10.4 Å². The summed E-state index contributed by atoms with van der Waals surface area (Å²) in [6, 6.07) is 4.42. The molecule has 0 fully saturated rings. The lowest BCUT2D eigenvalue weighted by atomic mass is 10.0. The van der Waals surface area contributed by atoms with Gasteiger partial charge in [0.1, 0.15) is 5.56 Å². The minimum atomic E-state index is -1.02. The number of benzene rings is 1. The fourth-order valence-corrected chi connectivity index (χ4v) is 2.42. The Kier molecular flexibility index (Phi) is 6.17. The highest BCUT2D eigenvalue weighted by Crippen LogP contribution is 2.24. The average molecular weight is 312 g/mol. The Morgan fingerprint density at radius 1 is 1.52 bits per heavy atom. The van der Waals surface area contributed by atoms with Crippen LogP contribution in [0.1, 0.15) is 37.0 Å². The molecule has 116 valence electrons. The second-order valence-corrected chi connectivity index (χ2v) is 5.95. The number of hydrogen-bond donors (Lipinski definition) is 2. The maximum atomic E-state index is 12.2. The van der Waals surface area contributed by atoms with E-state index in [2.05, 4.69) is 5.32 Å². The zero-order valence-corrected chi connectivity index (χ0v) is 13.2. The molecule has 0 saturated heterocycles. The monoisotopic (exact) mass is 312 g/mol. The highest BCUT2D eigenvalue weighted by molar-refractivity contribution is 7.98. The van der Waals surface area contributed by atoms with Crippen LogP contribution in [0.5, 0.6) is 0 Å². The van der Waals surface area contributed by atoms with E-state index in [1.807, 2.05) is 13.2 Å². The van der Waals surface area contributed by atoms with Crippen molar-refractivity contribution < 1.29 is 14.8 Å². The third kappa shape index (κ3) is 5.02. The van der Waals surface area contributed by atoms with E-state index in [4.69, 9.17) is 0 Å². The van der Waals surface area contributed by atoms with Crippen molar-refractivity contribution in [2.75, 3.05) is 12.8 Å². The number of rotatable bonds is 7. The van der Waals surface area contributed by atoms with Gasteiger partial charge in [0.2, 0.25) is 0 Å². The first-order valence-corrected chi connectivity index (χ1v) is 7.86. The lowest BCUT2D eigenvalue weighted by molar-refractivity contribution is -0.385. The normalized spacial score (nSPS) is 13.5. The molecule has 1 aromatic rings. The lowest BCUT2D eigenvalue weighted by Crippen LogP contribution is -2.40. The number of nitrogens with one attached hydrogen (secondary N) is 1. The number of nitro groups is 1. The first kappa shape index (κ1) is 17.5. The molecule has 0 unspecified atom stereocenters. The van der Waals surface area contributed by atoms with Gasteiger partial charge in [-0.15, -0.1) is 11.8 Å². The molecule has 1 amide bonds. The summed E-state index contributed by atoms with van der Waals surface area (Å²) >= 11 is 1.40. The van der Waals surface area contributed by atoms with Crippen LogP contribution in [0.4, 0.5) is 5.69 Å². The van der Waals surface area contributed by atoms with Crippen molar-refractivity contribution >= 4 is 23.4 Å². The molecule has 0 aromatic heterocycles. The van der Waals surface area contributed by atoms with E-state index in [9.17, 15) is 20.0 Å². The van der Waals surface area contributed by atoms with Crippen LogP contribution < -0.4 is 5.32 Å². The van der Waals surface area contributed by atoms with E-state index >= 15 is 0 Å². The Bertz CT molecular complexity index is 532. The van der Waals surface area contributed by atoms with Gasteiger partial charge in [-0.05, 0) is 31.7 Å². The van der Waals surface area contributed by atoms with Crippen LogP contribution in [0.15, 0.2) is 23.1 Å². The minimum absolute atomic E-state index is 0.0131. The van der Waals surface area contributed by atoms with Gasteiger partial charge in [0.15, 0.2) is 0 Å².